The maximum Gasteiger partial charge on any atom is 0.419 e. The zero-order valence-corrected chi connectivity index (χ0v) is 15.2. The zero-order chi connectivity index (χ0) is 18.7. The predicted octanol–water partition coefficient (Wildman–Crippen LogP) is 3.52. The van der Waals surface area contributed by atoms with Gasteiger partial charge in [-0.15, -0.1) is 0 Å². The fraction of sp³-hybridized carbons (Fsp3) is 0.400. The van der Waals surface area contributed by atoms with Crippen LogP contribution >= 0.6 is 0 Å². The van der Waals surface area contributed by atoms with Gasteiger partial charge in [-0.25, -0.2) is 14.2 Å². The Bertz CT molecular complexity index is 949. The van der Waals surface area contributed by atoms with E-state index in [0.717, 1.165) is 22.2 Å². The maximum absolute atomic E-state index is 12.9. The Hall–Kier alpha value is -2.60. The van der Waals surface area contributed by atoms with Crippen LogP contribution < -0.4 is 0 Å². The SMILES string of the molecule is COC(=O)C12C=CC(O1)c1c(n(C(=O)OC(C)(C)C)c3ccccc13)C2. The molecule has 0 amide bonds. The highest BCUT2D eigenvalue weighted by molar-refractivity contribution is 5.96. The van der Waals surface area contributed by atoms with E-state index in [4.69, 9.17) is 14.2 Å². The van der Waals surface area contributed by atoms with E-state index < -0.39 is 29.4 Å². The largest absolute Gasteiger partial charge is 0.467 e. The standard InChI is InChI=1S/C20H21NO5/c1-19(2,3)26-18(23)21-13-8-6-5-7-12(13)16-14(21)11-20(17(22)24-4)10-9-15(16)25-20/h5-10,15H,11H2,1-4H3. The molecule has 0 saturated heterocycles. The van der Waals surface area contributed by atoms with Crippen LogP contribution in [0.4, 0.5) is 4.79 Å². The number of methoxy groups -OCH3 is 1. The van der Waals surface area contributed by atoms with E-state index in [1.54, 1.807) is 10.6 Å². The van der Waals surface area contributed by atoms with Gasteiger partial charge in [-0.3, -0.25) is 0 Å². The number of fused-ring (bicyclic) bond motifs is 6. The van der Waals surface area contributed by atoms with Crippen molar-refractivity contribution in [3.63, 3.8) is 0 Å². The monoisotopic (exact) mass is 355 g/mol. The second kappa shape index (κ2) is 5.45. The van der Waals surface area contributed by atoms with Crippen molar-refractivity contribution in [1.29, 1.82) is 0 Å². The van der Waals surface area contributed by atoms with Gasteiger partial charge in [0.15, 0.2) is 5.60 Å². The quantitative estimate of drug-likeness (QED) is 0.578. The van der Waals surface area contributed by atoms with Gasteiger partial charge in [0, 0.05) is 23.1 Å². The molecule has 1 aromatic carbocycles. The van der Waals surface area contributed by atoms with Crippen LogP contribution in [0, 0.1) is 0 Å². The molecule has 2 aliphatic heterocycles. The number of rotatable bonds is 1. The van der Waals surface area contributed by atoms with Crippen LogP contribution in [-0.4, -0.2) is 34.9 Å². The van der Waals surface area contributed by atoms with Gasteiger partial charge >= 0.3 is 12.1 Å². The van der Waals surface area contributed by atoms with Crippen molar-refractivity contribution < 1.29 is 23.8 Å². The third-order valence-electron chi connectivity index (χ3n) is 4.72. The number of hydrogen-bond donors (Lipinski definition) is 0. The summed E-state index contributed by atoms with van der Waals surface area (Å²) >= 11 is 0. The smallest absolute Gasteiger partial charge is 0.419 e. The van der Waals surface area contributed by atoms with Crippen molar-refractivity contribution in [1.82, 2.24) is 4.57 Å². The first-order valence-corrected chi connectivity index (χ1v) is 8.57. The highest BCUT2D eigenvalue weighted by Gasteiger charge is 2.51. The van der Waals surface area contributed by atoms with Crippen molar-refractivity contribution in [3.8, 4) is 0 Å². The molecule has 3 heterocycles. The summed E-state index contributed by atoms with van der Waals surface area (Å²) in [6.45, 7) is 5.48. The van der Waals surface area contributed by atoms with Crippen LogP contribution in [0.5, 0.6) is 0 Å². The predicted molar refractivity (Wildman–Crippen MR) is 95.0 cm³/mol. The molecule has 26 heavy (non-hydrogen) atoms. The number of carbonyl (C=O) groups is 2. The number of ether oxygens (including phenoxy) is 3. The summed E-state index contributed by atoms with van der Waals surface area (Å²) in [6.07, 6.45) is 2.95. The number of esters is 1. The number of carbonyl (C=O) groups excluding carboxylic acids is 2. The molecule has 4 rings (SSSR count). The van der Waals surface area contributed by atoms with Crippen LogP contribution in [0.3, 0.4) is 0 Å². The summed E-state index contributed by atoms with van der Waals surface area (Å²) in [6, 6.07) is 7.62. The average Bonchev–Trinajstić information content (AvgIpc) is 3.09. The molecule has 1 aromatic heterocycles. The molecule has 0 N–H and O–H groups in total. The van der Waals surface area contributed by atoms with Crippen LogP contribution in [-0.2, 0) is 25.4 Å². The molecule has 2 unspecified atom stereocenters. The minimum atomic E-state index is -1.19. The lowest BCUT2D eigenvalue weighted by molar-refractivity contribution is -0.166. The zero-order valence-electron chi connectivity index (χ0n) is 15.2. The van der Waals surface area contributed by atoms with Gasteiger partial charge < -0.3 is 14.2 Å². The number of hydrogen-bond acceptors (Lipinski definition) is 5. The molecule has 0 saturated carbocycles. The number of aromatic nitrogens is 1. The number of nitrogens with zero attached hydrogens (tertiary/aromatic N) is 1. The van der Waals surface area contributed by atoms with Gasteiger partial charge in [0.25, 0.3) is 0 Å². The molecule has 0 radical (unpaired) electrons. The summed E-state index contributed by atoms with van der Waals surface area (Å²) < 4.78 is 18.1. The van der Waals surface area contributed by atoms with E-state index in [0.29, 0.717) is 0 Å². The molecule has 0 spiro atoms. The lowest BCUT2D eigenvalue weighted by Crippen LogP contribution is -2.44. The summed E-state index contributed by atoms with van der Waals surface area (Å²) in [5, 5.41) is 0.920. The Balaban J connectivity index is 1.92. The molecule has 2 aliphatic rings. The van der Waals surface area contributed by atoms with Crippen molar-refractivity contribution in [2.45, 2.75) is 44.5 Å². The first-order valence-electron chi connectivity index (χ1n) is 8.57. The van der Waals surface area contributed by atoms with Gasteiger partial charge in [-0.2, -0.15) is 0 Å². The topological polar surface area (TPSA) is 66.8 Å². The Morgan fingerprint density at radius 3 is 2.69 bits per heavy atom. The first-order chi connectivity index (χ1) is 12.3. The van der Waals surface area contributed by atoms with Crippen LogP contribution in [0.2, 0.25) is 0 Å². The number of benzene rings is 1. The van der Waals surface area contributed by atoms with E-state index >= 15 is 0 Å². The second-order valence-electron chi connectivity index (χ2n) is 7.65. The van der Waals surface area contributed by atoms with E-state index in [9.17, 15) is 9.59 Å². The molecule has 0 fully saturated rings. The van der Waals surface area contributed by atoms with Crippen LogP contribution in [0.25, 0.3) is 10.9 Å². The lowest BCUT2D eigenvalue weighted by atomic mass is 9.94. The van der Waals surface area contributed by atoms with Crippen molar-refractivity contribution >= 4 is 23.0 Å². The fourth-order valence-corrected chi connectivity index (χ4v) is 3.74. The van der Waals surface area contributed by atoms with E-state index in [1.807, 2.05) is 51.1 Å². The Morgan fingerprint density at radius 2 is 2.00 bits per heavy atom. The molecular formula is C20H21NO5. The van der Waals surface area contributed by atoms with Gasteiger partial charge in [-0.1, -0.05) is 24.3 Å². The summed E-state index contributed by atoms with van der Waals surface area (Å²) in [4.78, 5) is 25.3. The first kappa shape index (κ1) is 16.8. The van der Waals surface area contributed by atoms with Gasteiger partial charge in [0.1, 0.15) is 11.7 Å². The van der Waals surface area contributed by atoms with Crippen molar-refractivity contribution in [2.75, 3.05) is 7.11 Å². The summed E-state index contributed by atoms with van der Waals surface area (Å²) in [5.74, 6) is -0.470. The summed E-state index contributed by atoms with van der Waals surface area (Å²) in [5.41, 5.74) is 0.557. The van der Waals surface area contributed by atoms with Crippen LogP contribution in [0.15, 0.2) is 36.4 Å². The minimum Gasteiger partial charge on any atom is -0.467 e. The average molecular weight is 355 g/mol. The normalized spacial score (nSPS) is 23.8. The third kappa shape index (κ3) is 2.36. The molecule has 2 bridgehead atoms. The third-order valence-corrected chi connectivity index (χ3v) is 4.72. The van der Waals surface area contributed by atoms with Crippen molar-refractivity contribution in [2.24, 2.45) is 0 Å². The molecule has 136 valence electrons. The Morgan fingerprint density at radius 1 is 1.27 bits per heavy atom. The minimum absolute atomic E-state index is 0.218. The lowest BCUT2D eigenvalue weighted by Gasteiger charge is -2.32. The highest BCUT2D eigenvalue weighted by Crippen LogP contribution is 2.47. The molecule has 6 nitrogen and oxygen atoms in total. The van der Waals surface area contributed by atoms with Gasteiger partial charge in [0.05, 0.1) is 12.6 Å². The summed E-state index contributed by atoms with van der Waals surface area (Å²) in [7, 11) is 1.33. The van der Waals surface area contributed by atoms with E-state index in [1.165, 1.54) is 7.11 Å². The van der Waals surface area contributed by atoms with E-state index in [2.05, 4.69) is 0 Å². The molecule has 6 heteroatoms. The van der Waals surface area contributed by atoms with Crippen LogP contribution in [0.1, 0.15) is 38.1 Å². The van der Waals surface area contributed by atoms with Crippen molar-refractivity contribution in [3.05, 3.63) is 47.7 Å². The van der Waals surface area contributed by atoms with Gasteiger partial charge in [-0.05, 0) is 32.9 Å². The Kier molecular flexibility index (Phi) is 3.53. The van der Waals surface area contributed by atoms with Gasteiger partial charge in [0.2, 0.25) is 0 Å². The van der Waals surface area contributed by atoms with E-state index in [-0.39, 0.29) is 6.42 Å². The second-order valence-corrected chi connectivity index (χ2v) is 7.65. The fourth-order valence-electron chi connectivity index (χ4n) is 3.74. The Labute approximate surface area is 151 Å². The molecule has 2 aromatic rings. The molecular weight excluding hydrogens is 334 g/mol. The molecule has 0 aliphatic carbocycles. The highest BCUT2D eigenvalue weighted by atomic mass is 16.6. The maximum atomic E-state index is 12.9. The molecule has 2 atom stereocenters. The number of para-hydroxylation sites is 1.